The van der Waals surface area contributed by atoms with Crippen LogP contribution in [0.5, 0.6) is 0 Å². The molecule has 152 valence electrons. The number of aliphatic hydroxyl groups excluding tert-OH is 1. The fourth-order valence-corrected chi connectivity index (χ4v) is 2.78. The highest BCUT2D eigenvalue weighted by atomic mass is 16.5. The predicted molar refractivity (Wildman–Crippen MR) is 115 cm³/mol. The average Bonchev–Trinajstić information content (AvgIpc) is 2.74. The van der Waals surface area contributed by atoms with Gasteiger partial charge in [0.15, 0.2) is 5.96 Å². The van der Waals surface area contributed by atoms with E-state index < -0.39 is 6.10 Å². The van der Waals surface area contributed by atoms with E-state index in [-0.39, 0.29) is 0 Å². The molecule has 28 heavy (non-hydrogen) atoms. The summed E-state index contributed by atoms with van der Waals surface area (Å²) in [5, 5.41) is 16.8. The van der Waals surface area contributed by atoms with Gasteiger partial charge in [0.25, 0.3) is 0 Å². The van der Waals surface area contributed by atoms with Gasteiger partial charge in [-0.3, -0.25) is 4.99 Å². The zero-order valence-electron chi connectivity index (χ0n) is 16.8. The van der Waals surface area contributed by atoms with Gasteiger partial charge in [-0.25, -0.2) is 0 Å². The monoisotopic (exact) mass is 383 g/mol. The van der Waals surface area contributed by atoms with Crippen molar-refractivity contribution < 1.29 is 9.84 Å². The molecule has 0 bridgehead atoms. The van der Waals surface area contributed by atoms with Crippen molar-refractivity contribution in [3.05, 3.63) is 71.8 Å². The van der Waals surface area contributed by atoms with Gasteiger partial charge in [-0.15, -0.1) is 0 Å². The second-order valence-corrected chi connectivity index (χ2v) is 6.65. The predicted octanol–water partition coefficient (Wildman–Crippen LogP) is 3.66. The van der Waals surface area contributed by atoms with E-state index in [2.05, 4.69) is 27.8 Å². The molecule has 3 N–H and O–H groups in total. The van der Waals surface area contributed by atoms with E-state index in [9.17, 15) is 5.11 Å². The Morgan fingerprint density at radius 2 is 1.71 bits per heavy atom. The summed E-state index contributed by atoms with van der Waals surface area (Å²) in [7, 11) is 0. The molecule has 0 saturated heterocycles. The van der Waals surface area contributed by atoms with Crippen molar-refractivity contribution >= 4 is 5.96 Å². The number of aliphatic hydroxyl groups is 1. The second-order valence-electron chi connectivity index (χ2n) is 6.65. The summed E-state index contributed by atoms with van der Waals surface area (Å²) >= 11 is 0. The van der Waals surface area contributed by atoms with Crippen LogP contribution in [0, 0.1) is 0 Å². The van der Waals surface area contributed by atoms with Crippen molar-refractivity contribution in [3.8, 4) is 0 Å². The lowest BCUT2D eigenvalue weighted by atomic mass is 10.1. The highest BCUT2D eigenvalue weighted by molar-refractivity contribution is 5.79. The van der Waals surface area contributed by atoms with Crippen LogP contribution in [0.3, 0.4) is 0 Å². The first-order valence-electron chi connectivity index (χ1n) is 10.2. The van der Waals surface area contributed by atoms with E-state index in [1.165, 1.54) is 5.56 Å². The van der Waals surface area contributed by atoms with Gasteiger partial charge in [0.2, 0.25) is 0 Å². The third-order valence-electron chi connectivity index (χ3n) is 4.32. The third-order valence-corrected chi connectivity index (χ3v) is 4.32. The average molecular weight is 384 g/mol. The number of benzene rings is 2. The van der Waals surface area contributed by atoms with Crippen LogP contribution in [0.2, 0.25) is 0 Å². The van der Waals surface area contributed by atoms with Crippen molar-refractivity contribution in [1.29, 1.82) is 0 Å². The van der Waals surface area contributed by atoms with Crippen LogP contribution in [0.15, 0.2) is 65.7 Å². The summed E-state index contributed by atoms with van der Waals surface area (Å²) in [5.74, 6) is 0.799. The summed E-state index contributed by atoms with van der Waals surface area (Å²) in [6.07, 6.45) is 2.15. The Bertz CT molecular complexity index is 662. The van der Waals surface area contributed by atoms with Gasteiger partial charge < -0.3 is 20.5 Å². The molecule has 1 atom stereocenters. The number of hydrogen-bond donors (Lipinski definition) is 3. The molecule has 0 aliphatic carbocycles. The summed E-state index contributed by atoms with van der Waals surface area (Å²) in [6.45, 7) is 5.70. The molecule has 0 aromatic heterocycles. The Morgan fingerprint density at radius 1 is 1.00 bits per heavy atom. The fraction of sp³-hybridized carbons (Fsp3) is 0.435. The molecule has 0 radical (unpaired) electrons. The standard InChI is InChI=1S/C23H33N3O2/c1-2-24-23(26-17-15-22(27)21-13-7-4-8-14-21)25-16-9-10-18-28-19-20-11-5-3-6-12-20/h3-8,11-14,22,27H,2,9-10,15-19H2,1H3,(H2,24,25,26). The van der Waals surface area contributed by atoms with Crippen molar-refractivity contribution in [2.75, 3.05) is 26.2 Å². The van der Waals surface area contributed by atoms with Crippen LogP contribution in [-0.2, 0) is 11.3 Å². The summed E-state index contributed by atoms with van der Waals surface area (Å²) < 4.78 is 5.70. The van der Waals surface area contributed by atoms with E-state index in [0.29, 0.717) is 19.6 Å². The summed E-state index contributed by atoms with van der Waals surface area (Å²) in [4.78, 5) is 4.60. The molecule has 0 aliphatic rings. The minimum absolute atomic E-state index is 0.460. The number of nitrogens with one attached hydrogen (secondary N) is 2. The number of guanidine groups is 1. The first-order chi connectivity index (χ1) is 13.8. The molecule has 0 saturated carbocycles. The van der Waals surface area contributed by atoms with Crippen molar-refractivity contribution in [1.82, 2.24) is 10.6 Å². The SMILES string of the molecule is CCNC(=NCCCCOCc1ccccc1)NCCC(O)c1ccccc1. The Kier molecular flexibility index (Phi) is 10.8. The van der Waals surface area contributed by atoms with E-state index >= 15 is 0 Å². The lowest BCUT2D eigenvalue weighted by Crippen LogP contribution is -2.38. The first-order valence-corrected chi connectivity index (χ1v) is 10.2. The minimum atomic E-state index is -0.460. The van der Waals surface area contributed by atoms with E-state index in [0.717, 1.165) is 44.1 Å². The second kappa shape index (κ2) is 13.7. The van der Waals surface area contributed by atoms with Crippen LogP contribution in [0.4, 0.5) is 0 Å². The molecule has 5 heteroatoms. The van der Waals surface area contributed by atoms with Crippen LogP contribution >= 0.6 is 0 Å². The van der Waals surface area contributed by atoms with Gasteiger partial charge >= 0.3 is 0 Å². The van der Waals surface area contributed by atoms with Gasteiger partial charge in [0.1, 0.15) is 0 Å². The van der Waals surface area contributed by atoms with Crippen molar-refractivity contribution in [2.45, 2.75) is 38.9 Å². The Morgan fingerprint density at radius 3 is 2.43 bits per heavy atom. The smallest absolute Gasteiger partial charge is 0.191 e. The Labute approximate surface area is 168 Å². The minimum Gasteiger partial charge on any atom is -0.388 e. The molecule has 2 aromatic carbocycles. The number of hydrogen-bond acceptors (Lipinski definition) is 3. The molecule has 0 fully saturated rings. The molecule has 0 amide bonds. The maximum atomic E-state index is 10.2. The van der Waals surface area contributed by atoms with Crippen LogP contribution in [0.1, 0.15) is 43.4 Å². The van der Waals surface area contributed by atoms with Crippen molar-refractivity contribution in [2.24, 2.45) is 4.99 Å². The number of rotatable bonds is 12. The van der Waals surface area contributed by atoms with Gasteiger partial charge in [0, 0.05) is 26.2 Å². The van der Waals surface area contributed by atoms with Crippen LogP contribution in [0.25, 0.3) is 0 Å². The van der Waals surface area contributed by atoms with E-state index in [4.69, 9.17) is 4.74 Å². The molecule has 1 unspecified atom stereocenters. The highest BCUT2D eigenvalue weighted by Crippen LogP contribution is 2.14. The normalized spacial score (nSPS) is 12.6. The first kappa shape index (κ1) is 21.9. The van der Waals surface area contributed by atoms with Gasteiger partial charge in [-0.05, 0) is 37.3 Å². The summed E-state index contributed by atoms with van der Waals surface area (Å²) in [6, 6.07) is 20.0. The zero-order valence-corrected chi connectivity index (χ0v) is 16.8. The molecule has 0 heterocycles. The Balaban J connectivity index is 1.59. The molecular formula is C23H33N3O2. The maximum Gasteiger partial charge on any atom is 0.191 e. The van der Waals surface area contributed by atoms with Crippen molar-refractivity contribution in [3.63, 3.8) is 0 Å². The number of unbranched alkanes of at least 4 members (excludes halogenated alkanes) is 1. The number of nitrogens with zero attached hydrogens (tertiary/aromatic N) is 1. The van der Waals surface area contributed by atoms with E-state index in [1.807, 2.05) is 55.5 Å². The van der Waals surface area contributed by atoms with Gasteiger partial charge in [0.05, 0.1) is 12.7 Å². The number of aliphatic imine (C=N–C) groups is 1. The number of ether oxygens (including phenoxy) is 1. The molecule has 5 nitrogen and oxygen atoms in total. The van der Waals surface area contributed by atoms with Gasteiger partial charge in [-0.1, -0.05) is 60.7 Å². The highest BCUT2D eigenvalue weighted by Gasteiger charge is 2.06. The largest absolute Gasteiger partial charge is 0.388 e. The molecule has 2 aromatic rings. The molecule has 2 rings (SSSR count). The molecule has 0 aliphatic heterocycles. The zero-order chi connectivity index (χ0) is 19.9. The van der Waals surface area contributed by atoms with Gasteiger partial charge in [-0.2, -0.15) is 0 Å². The third kappa shape index (κ3) is 9.02. The maximum absolute atomic E-state index is 10.2. The lowest BCUT2D eigenvalue weighted by Gasteiger charge is -2.14. The lowest BCUT2D eigenvalue weighted by molar-refractivity contribution is 0.117. The van der Waals surface area contributed by atoms with Crippen LogP contribution in [-0.4, -0.2) is 37.3 Å². The summed E-state index contributed by atoms with van der Waals surface area (Å²) in [5.41, 5.74) is 2.15. The molecular weight excluding hydrogens is 350 g/mol. The fourth-order valence-electron chi connectivity index (χ4n) is 2.78. The van der Waals surface area contributed by atoms with Crippen LogP contribution < -0.4 is 10.6 Å². The quantitative estimate of drug-likeness (QED) is 0.297. The van der Waals surface area contributed by atoms with E-state index in [1.54, 1.807) is 0 Å². The Hall–Kier alpha value is -2.37. The topological polar surface area (TPSA) is 65.9 Å². The molecule has 0 spiro atoms.